The molecule has 0 amide bonds. The van der Waals surface area contributed by atoms with Crippen molar-refractivity contribution in [3.63, 3.8) is 0 Å². The van der Waals surface area contributed by atoms with Crippen molar-refractivity contribution in [2.24, 2.45) is 0 Å². The third kappa shape index (κ3) is 1.34. The van der Waals surface area contributed by atoms with E-state index in [0.717, 1.165) is 0 Å². The average molecular weight is 194 g/mol. The first kappa shape index (κ1) is 9.34. The molecular formula is C11H11FO2. The fourth-order valence-corrected chi connectivity index (χ4v) is 1.88. The normalized spacial score (nSPS) is 26.9. The van der Waals surface area contributed by atoms with E-state index < -0.39 is 5.60 Å². The van der Waals surface area contributed by atoms with Gasteiger partial charge in [-0.05, 0) is 30.5 Å². The molecule has 0 aliphatic heterocycles. The van der Waals surface area contributed by atoms with Crippen molar-refractivity contribution < 1.29 is 14.3 Å². The number of aliphatic hydroxyl groups is 1. The predicted molar refractivity (Wildman–Crippen MR) is 49.2 cm³/mol. The summed E-state index contributed by atoms with van der Waals surface area (Å²) in [6, 6.07) is 5.47. The Labute approximate surface area is 81.4 Å². The minimum absolute atomic E-state index is 0.163. The number of Topliss-reactive ketones (excluding diaryl/α,β-unsaturated/α-hetero) is 1. The standard InChI is InChI=1S/C11H11FO2/c12-9-5-3-8(4-6-9)11(14)7-1-2-10(11)13/h3-6,14H,1-2,7H2/t11-/m0/s1. The molecule has 0 spiro atoms. The van der Waals surface area contributed by atoms with Gasteiger partial charge in [0.1, 0.15) is 11.4 Å². The molecule has 1 fully saturated rings. The third-order valence-corrected chi connectivity index (χ3v) is 2.73. The van der Waals surface area contributed by atoms with Crippen molar-refractivity contribution in [3.05, 3.63) is 35.6 Å². The molecule has 0 unspecified atom stereocenters. The average Bonchev–Trinajstić information content (AvgIpc) is 2.49. The molecule has 1 aromatic rings. The lowest BCUT2D eigenvalue weighted by atomic mass is 9.91. The lowest BCUT2D eigenvalue weighted by Crippen LogP contribution is -2.30. The van der Waals surface area contributed by atoms with Crippen molar-refractivity contribution in [2.45, 2.75) is 24.9 Å². The van der Waals surface area contributed by atoms with E-state index in [-0.39, 0.29) is 11.6 Å². The van der Waals surface area contributed by atoms with Crippen LogP contribution in [0.4, 0.5) is 4.39 Å². The fraction of sp³-hybridized carbons (Fsp3) is 0.364. The summed E-state index contributed by atoms with van der Waals surface area (Å²) in [5.74, 6) is -0.521. The van der Waals surface area contributed by atoms with Crippen LogP contribution in [0.5, 0.6) is 0 Å². The van der Waals surface area contributed by atoms with Gasteiger partial charge in [-0.2, -0.15) is 0 Å². The molecule has 2 nitrogen and oxygen atoms in total. The maximum absolute atomic E-state index is 12.6. The van der Waals surface area contributed by atoms with Crippen LogP contribution in [0, 0.1) is 5.82 Å². The molecule has 1 atom stereocenters. The van der Waals surface area contributed by atoms with E-state index in [4.69, 9.17) is 0 Å². The second kappa shape index (κ2) is 3.17. The van der Waals surface area contributed by atoms with E-state index in [9.17, 15) is 14.3 Å². The molecule has 0 bridgehead atoms. The van der Waals surface area contributed by atoms with E-state index in [0.29, 0.717) is 24.8 Å². The van der Waals surface area contributed by atoms with Gasteiger partial charge in [-0.15, -0.1) is 0 Å². The number of carbonyl (C=O) groups is 1. The topological polar surface area (TPSA) is 37.3 Å². The summed E-state index contributed by atoms with van der Waals surface area (Å²) in [5.41, 5.74) is -0.866. The molecule has 14 heavy (non-hydrogen) atoms. The molecule has 0 saturated heterocycles. The second-order valence-electron chi connectivity index (χ2n) is 3.64. The third-order valence-electron chi connectivity index (χ3n) is 2.73. The van der Waals surface area contributed by atoms with Crippen molar-refractivity contribution in [3.8, 4) is 0 Å². The number of halogens is 1. The van der Waals surface area contributed by atoms with Gasteiger partial charge in [-0.1, -0.05) is 12.1 Å². The maximum Gasteiger partial charge on any atom is 0.168 e. The van der Waals surface area contributed by atoms with Gasteiger partial charge < -0.3 is 5.11 Å². The molecule has 0 heterocycles. The Morgan fingerprint density at radius 2 is 1.93 bits per heavy atom. The molecule has 0 radical (unpaired) electrons. The summed E-state index contributed by atoms with van der Waals surface area (Å²) in [7, 11) is 0. The molecule has 3 heteroatoms. The molecule has 1 saturated carbocycles. The number of hydrogen-bond donors (Lipinski definition) is 1. The van der Waals surface area contributed by atoms with Crippen LogP contribution >= 0.6 is 0 Å². The lowest BCUT2D eigenvalue weighted by molar-refractivity contribution is -0.134. The van der Waals surface area contributed by atoms with Crippen molar-refractivity contribution >= 4 is 5.78 Å². The Morgan fingerprint density at radius 3 is 2.43 bits per heavy atom. The van der Waals surface area contributed by atoms with Gasteiger partial charge >= 0.3 is 0 Å². The van der Waals surface area contributed by atoms with Crippen LogP contribution in [0.25, 0.3) is 0 Å². The summed E-state index contributed by atoms with van der Waals surface area (Å²) in [6.45, 7) is 0. The van der Waals surface area contributed by atoms with Crippen molar-refractivity contribution in [2.75, 3.05) is 0 Å². The summed E-state index contributed by atoms with van der Waals surface area (Å²) in [5, 5.41) is 10.1. The molecule has 2 rings (SSSR count). The molecule has 1 aromatic carbocycles. The highest BCUT2D eigenvalue weighted by molar-refractivity contribution is 5.90. The Bertz CT molecular complexity index is 358. The number of ketones is 1. The first-order chi connectivity index (χ1) is 6.63. The summed E-state index contributed by atoms with van der Waals surface area (Å²) in [4.78, 5) is 11.4. The Balaban J connectivity index is 2.38. The largest absolute Gasteiger partial charge is 0.377 e. The highest BCUT2D eigenvalue weighted by atomic mass is 19.1. The van der Waals surface area contributed by atoms with E-state index in [1.54, 1.807) is 0 Å². The van der Waals surface area contributed by atoms with Gasteiger partial charge in [0.05, 0.1) is 0 Å². The predicted octanol–water partition coefficient (Wildman–Crippen LogP) is 1.77. The first-order valence-electron chi connectivity index (χ1n) is 4.65. The summed E-state index contributed by atoms with van der Waals surface area (Å²) >= 11 is 0. The quantitative estimate of drug-likeness (QED) is 0.739. The highest BCUT2D eigenvalue weighted by Gasteiger charge is 2.41. The van der Waals surface area contributed by atoms with Gasteiger partial charge in [-0.3, -0.25) is 4.79 Å². The fourth-order valence-electron chi connectivity index (χ4n) is 1.88. The molecule has 1 aliphatic carbocycles. The Morgan fingerprint density at radius 1 is 1.29 bits per heavy atom. The van der Waals surface area contributed by atoms with Crippen LogP contribution in [0.2, 0.25) is 0 Å². The molecule has 74 valence electrons. The van der Waals surface area contributed by atoms with Crippen LogP contribution in [0.1, 0.15) is 24.8 Å². The van der Waals surface area contributed by atoms with E-state index in [1.165, 1.54) is 24.3 Å². The highest BCUT2D eigenvalue weighted by Crippen LogP contribution is 2.35. The summed E-state index contributed by atoms with van der Waals surface area (Å²) in [6.07, 6.45) is 1.55. The molecule has 1 N–H and O–H groups in total. The van der Waals surface area contributed by atoms with E-state index in [1.807, 2.05) is 0 Å². The molecule has 0 aromatic heterocycles. The van der Waals surface area contributed by atoms with Crippen LogP contribution in [0.15, 0.2) is 24.3 Å². The van der Waals surface area contributed by atoms with Gasteiger partial charge in [0.15, 0.2) is 5.78 Å². The second-order valence-corrected chi connectivity index (χ2v) is 3.64. The number of hydrogen-bond acceptors (Lipinski definition) is 2. The van der Waals surface area contributed by atoms with Gasteiger partial charge in [0.25, 0.3) is 0 Å². The Hall–Kier alpha value is -1.22. The number of rotatable bonds is 1. The molecular weight excluding hydrogens is 183 g/mol. The zero-order valence-corrected chi connectivity index (χ0v) is 7.66. The van der Waals surface area contributed by atoms with E-state index >= 15 is 0 Å². The smallest absolute Gasteiger partial charge is 0.168 e. The van der Waals surface area contributed by atoms with Gasteiger partial charge in [0, 0.05) is 6.42 Å². The minimum Gasteiger partial charge on any atom is -0.377 e. The SMILES string of the molecule is O=C1CCC[C@]1(O)c1ccc(F)cc1. The van der Waals surface area contributed by atoms with Gasteiger partial charge in [-0.25, -0.2) is 4.39 Å². The minimum atomic E-state index is -1.37. The first-order valence-corrected chi connectivity index (χ1v) is 4.65. The van der Waals surface area contributed by atoms with Crippen LogP contribution in [-0.2, 0) is 10.4 Å². The van der Waals surface area contributed by atoms with Gasteiger partial charge in [0.2, 0.25) is 0 Å². The zero-order valence-electron chi connectivity index (χ0n) is 7.66. The van der Waals surface area contributed by atoms with Crippen molar-refractivity contribution in [1.82, 2.24) is 0 Å². The van der Waals surface area contributed by atoms with E-state index in [2.05, 4.69) is 0 Å². The number of benzene rings is 1. The van der Waals surface area contributed by atoms with Crippen molar-refractivity contribution in [1.29, 1.82) is 0 Å². The van der Waals surface area contributed by atoms with Crippen LogP contribution < -0.4 is 0 Å². The van der Waals surface area contributed by atoms with Crippen LogP contribution in [0.3, 0.4) is 0 Å². The Kier molecular flexibility index (Phi) is 2.11. The zero-order chi connectivity index (χ0) is 10.2. The monoisotopic (exact) mass is 194 g/mol. The number of carbonyl (C=O) groups excluding carboxylic acids is 1. The lowest BCUT2D eigenvalue weighted by Gasteiger charge is -2.20. The molecule has 1 aliphatic rings. The maximum atomic E-state index is 12.6. The van der Waals surface area contributed by atoms with Crippen LogP contribution in [-0.4, -0.2) is 10.9 Å². The summed E-state index contributed by atoms with van der Waals surface area (Å²) < 4.78 is 12.6.